The number of rotatable bonds is 7. The molecule has 1 amide bonds. The van der Waals surface area contributed by atoms with Crippen LogP contribution in [0.4, 0.5) is 25.2 Å². The third-order valence-corrected chi connectivity index (χ3v) is 3.77. The van der Waals surface area contributed by atoms with Gasteiger partial charge < -0.3 is 15.8 Å². The second kappa shape index (κ2) is 8.42. The number of aromatic nitrogens is 4. The maximum atomic E-state index is 12.8. The molecule has 0 aliphatic carbocycles. The maximum Gasteiger partial charge on any atom is 0.404 e. The molecule has 3 aromatic rings. The zero-order valence-corrected chi connectivity index (χ0v) is 15.0. The van der Waals surface area contributed by atoms with Gasteiger partial charge in [-0.2, -0.15) is 5.10 Å². The number of primary amides is 1. The van der Waals surface area contributed by atoms with E-state index in [0.717, 1.165) is 16.7 Å². The van der Waals surface area contributed by atoms with E-state index in [0.29, 0.717) is 12.2 Å². The minimum absolute atomic E-state index is 0.0913. The third-order valence-electron chi connectivity index (χ3n) is 3.77. The number of carbonyl (C=O) groups is 1. The largest absolute Gasteiger partial charge is 0.448 e. The van der Waals surface area contributed by atoms with E-state index >= 15 is 0 Å². The summed E-state index contributed by atoms with van der Waals surface area (Å²) in [6.45, 7) is 2.40. The summed E-state index contributed by atoms with van der Waals surface area (Å²) < 4.78 is 31.9. The Morgan fingerprint density at radius 3 is 2.89 bits per heavy atom. The van der Waals surface area contributed by atoms with E-state index in [9.17, 15) is 13.6 Å². The van der Waals surface area contributed by atoms with Gasteiger partial charge in [0.2, 0.25) is 5.95 Å². The van der Waals surface area contributed by atoms with Crippen molar-refractivity contribution in [2.75, 3.05) is 11.9 Å². The van der Waals surface area contributed by atoms with Crippen LogP contribution in [0.2, 0.25) is 0 Å². The highest BCUT2D eigenvalue weighted by atomic mass is 19.3. The molecule has 0 aliphatic heterocycles. The number of nitrogens with two attached hydrogens (primary N) is 1. The number of carbonyl (C=O) groups excluding carboxylic acids is 1. The Morgan fingerprint density at radius 1 is 1.32 bits per heavy atom. The molecule has 0 bridgehead atoms. The van der Waals surface area contributed by atoms with Gasteiger partial charge in [-0.15, -0.1) is 0 Å². The smallest absolute Gasteiger partial charge is 0.404 e. The fourth-order valence-electron chi connectivity index (χ4n) is 2.58. The van der Waals surface area contributed by atoms with Crippen molar-refractivity contribution in [3.8, 4) is 11.1 Å². The fourth-order valence-corrected chi connectivity index (χ4v) is 2.58. The summed E-state index contributed by atoms with van der Waals surface area (Å²) in [6.07, 6.45) is 1.26. The van der Waals surface area contributed by atoms with Crippen LogP contribution >= 0.6 is 0 Å². The molecule has 146 valence electrons. The van der Waals surface area contributed by atoms with Crippen LogP contribution in [0.1, 0.15) is 17.7 Å². The number of aryl methyl sites for hydroxylation is 1. The standard InChI is InChI=1S/C18H18F2N6O2/c1-11-6-12(13-9-23-26(10-13)4-5-28-17(21)27)8-14(7-11)24-18-22-3-2-15(25-18)16(19)20/h2-3,6-10,16H,4-5H2,1H3,(H2,21,27)(H,22,24,25). The summed E-state index contributed by atoms with van der Waals surface area (Å²) in [7, 11) is 0. The number of nitrogens with zero attached hydrogens (tertiary/aromatic N) is 4. The molecular weight excluding hydrogens is 370 g/mol. The van der Waals surface area contributed by atoms with Gasteiger partial charge in [-0.1, -0.05) is 6.07 Å². The van der Waals surface area contributed by atoms with Gasteiger partial charge >= 0.3 is 6.09 Å². The first-order chi connectivity index (χ1) is 13.4. The van der Waals surface area contributed by atoms with E-state index < -0.39 is 12.5 Å². The van der Waals surface area contributed by atoms with Crippen LogP contribution in [0.3, 0.4) is 0 Å². The van der Waals surface area contributed by atoms with Gasteiger partial charge in [0.1, 0.15) is 12.3 Å². The van der Waals surface area contributed by atoms with E-state index in [-0.39, 0.29) is 18.2 Å². The molecule has 8 nitrogen and oxygen atoms in total. The van der Waals surface area contributed by atoms with Crippen molar-refractivity contribution in [2.45, 2.75) is 19.9 Å². The number of halogens is 2. The second-order valence-electron chi connectivity index (χ2n) is 5.98. The lowest BCUT2D eigenvalue weighted by molar-refractivity contribution is 0.146. The van der Waals surface area contributed by atoms with Crippen molar-refractivity contribution in [1.29, 1.82) is 0 Å². The van der Waals surface area contributed by atoms with E-state index in [1.54, 1.807) is 17.1 Å². The molecule has 0 saturated heterocycles. The molecule has 3 N–H and O–H groups in total. The highest BCUT2D eigenvalue weighted by Gasteiger charge is 2.11. The molecule has 1 aromatic carbocycles. The predicted octanol–water partition coefficient (Wildman–Crippen LogP) is 3.43. The molecular formula is C18H18F2N6O2. The van der Waals surface area contributed by atoms with Gasteiger partial charge in [0.25, 0.3) is 6.43 Å². The van der Waals surface area contributed by atoms with Crippen LogP contribution in [0, 0.1) is 6.92 Å². The molecule has 0 saturated carbocycles. The molecule has 10 heteroatoms. The Morgan fingerprint density at radius 2 is 2.14 bits per heavy atom. The molecule has 2 aromatic heterocycles. The molecule has 0 atom stereocenters. The summed E-state index contributed by atoms with van der Waals surface area (Å²) in [5.74, 6) is 0.0913. The Kier molecular flexibility index (Phi) is 5.78. The zero-order chi connectivity index (χ0) is 20.1. The number of hydrogen-bond acceptors (Lipinski definition) is 6. The van der Waals surface area contributed by atoms with Crippen LogP contribution in [0.15, 0.2) is 42.9 Å². The number of amides is 1. The monoisotopic (exact) mass is 388 g/mol. The highest BCUT2D eigenvalue weighted by molar-refractivity contribution is 5.70. The van der Waals surface area contributed by atoms with E-state index in [1.807, 2.05) is 25.1 Å². The van der Waals surface area contributed by atoms with Gasteiger partial charge in [0.05, 0.1) is 12.7 Å². The lowest BCUT2D eigenvalue weighted by Crippen LogP contribution is -2.16. The Hall–Kier alpha value is -3.56. The third kappa shape index (κ3) is 5.00. The Bertz CT molecular complexity index is 976. The van der Waals surface area contributed by atoms with E-state index in [4.69, 9.17) is 10.5 Å². The number of alkyl halides is 2. The number of hydrogen-bond donors (Lipinski definition) is 2. The fraction of sp³-hybridized carbons (Fsp3) is 0.222. The second-order valence-corrected chi connectivity index (χ2v) is 5.98. The molecule has 0 fully saturated rings. The quantitative estimate of drug-likeness (QED) is 0.642. The first-order valence-electron chi connectivity index (χ1n) is 8.35. The lowest BCUT2D eigenvalue weighted by atomic mass is 10.1. The summed E-state index contributed by atoms with van der Waals surface area (Å²) in [4.78, 5) is 18.4. The van der Waals surface area contributed by atoms with Gasteiger partial charge in [-0.3, -0.25) is 4.68 Å². The van der Waals surface area contributed by atoms with Crippen molar-refractivity contribution in [3.63, 3.8) is 0 Å². The van der Waals surface area contributed by atoms with Crippen molar-refractivity contribution in [1.82, 2.24) is 19.7 Å². The van der Waals surface area contributed by atoms with Gasteiger partial charge in [-0.05, 0) is 36.2 Å². The average Bonchev–Trinajstić information content (AvgIpc) is 3.10. The van der Waals surface area contributed by atoms with Gasteiger partial charge in [-0.25, -0.2) is 23.5 Å². The van der Waals surface area contributed by atoms with Crippen LogP contribution in [-0.4, -0.2) is 32.4 Å². The molecule has 0 spiro atoms. The number of ether oxygens (including phenoxy) is 1. The minimum atomic E-state index is -2.67. The normalized spacial score (nSPS) is 10.9. The summed E-state index contributed by atoms with van der Waals surface area (Å²) in [5, 5.41) is 7.17. The molecule has 0 aliphatic rings. The number of benzene rings is 1. The van der Waals surface area contributed by atoms with Crippen LogP contribution in [0.5, 0.6) is 0 Å². The predicted molar refractivity (Wildman–Crippen MR) is 98.2 cm³/mol. The lowest BCUT2D eigenvalue weighted by Gasteiger charge is -2.09. The van der Waals surface area contributed by atoms with Crippen LogP contribution in [-0.2, 0) is 11.3 Å². The molecule has 2 heterocycles. The van der Waals surface area contributed by atoms with Gasteiger partial charge in [0, 0.05) is 23.6 Å². The number of nitrogens with one attached hydrogen (secondary N) is 1. The van der Waals surface area contributed by atoms with Gasteiger partial charge in [0.15, 0.2) is 0 Å². The van der Waals surface area contributed by atoms with Crippen LogP contribution < -0.4 is 11.1 Å². The van der Waals surface area contributed by atoms with Crippen LogP contribution in [0.25, 0.3) is 11.1 Å². The number of anilines is 2. The topological polar surface area (TPSA) is 108 Å². The first-order valence-corrected chi connectivity index (χ1v) is 8.35. The summed E-state index contributed by atoms with van der Waals surface area (Å²) in [5.41, 5.74) is 7.91. The van der Waals surface area contributed by atoms with E-state index in [1.165, 1.54) is 12.3 Å². The Labute approximate surface area is 159 Å². The first kappa shape index (κ1) is 19.2. The molecule has 0 radical (unpaired) electrons. The summed E-state index contributed by atoms with van der Waals surface area (Å²) in [6, 6.07) is 6.83. The average molecular weight is 388 g/mol. The minimum Gasteiger partial charge on any atom is -0.448 e. The summed E-state index contributed by atoms with van der Waals surface area (Å²) >= 11 is 0. The molecule has 3 rings (SSSR count). The molecule has 0 unspecified atom stereocenters. The van der Waals surface area contributed by atoms with Crippen molar-refractivity contribution in [2.24, 2.45) is 5.73 Å². The molecule has 28 heavy (non-hydrogen) atoms. The van der Waals surface area contributed by atoms with Crippen molar-refractivity contribution < 1.29 is 18.3 Å². The zero-order valence-electron chi connectivity index (χ0n) is 15.0. The van der Waals surface area contributed by atoms with Crippen molar-refractivity contribution >= 4 is 17.7 Å². The SMILES string of the molecule is Cc1cc(Nc2nccc(C(F)F)n2)cc(-c2cnn(CCOC(N)=O)c2)c1. The highest BCUT2D eigenvalue weighted by Crippen LogP contribution is 2.26. The maximum absolute atomic E-state index is 12.8. The van der Waals surface area contributed by atoms with E-state index in [2.05, 4.69) is 20.4 Å². The van der Waals surface area contributed by atoms with Crippen molar-refractivity contribution in [3.05, 3.63) is 54.1 Å². The Balaban J connectivity index is 1.77.